The van der Waals surface area contributed by atoms with Crippen LogP contribution in [0.1, 0.15) is 34.5 Å². The van der Waals surface area contributed by atoms with E-state index in [1.54, 1.807) is 24.5 Å². The van der Waals surface area contributed by atoms with Crippen LogP contribution in [0.3, 0.4) is 0 Å². The molecule has 0 bridgehead atoms. The number of H-pyrrole nitrogens is 1. The number of hydrogen-bond donors (Lipinski definition) is 2. The fraction of sp³-hybridized carbons (Fsp3) is 0.222. The van der Waals surface area contributed by atoms with E-state index in [1.165, 1.54) is 29.5 Å². The fourth-order valence-corrected chi connectivity index (χ4v) is 3.19. The van der Waals surface area contributed by atoms with Gasteiger partial charge in [0.15, 0.2) is 0 Å². The van der Waals surface area contributed by atoms with Gasteiger partial charge < -0.3 is 10.3 Å². The number of nitrogens with zero attached hydrogens (tertiary/aromatic N) is 1. The summed E-state index contributed by atoms with van der Waals surface area (Å²) in [4.78, 5) is 19.9. The molecular weight excluding hydrogens is 274 g/mol. The molecule has 0 aliphatic heterocycles. The van der Waals surface area contributed by atoms with Crippen LogP contribution < -0.4 is 5.32 Å². The van der Waals surface area contributed by atoms with Crippen LogP contribution >= 0.6 is 0 Å². The minimum atomic E-state index is -0.0844. The molecule has 4 nitrogen and oxygen atoms in total. The molecular formula is C18H17N3O. The SMILES string of the molecule is O=C(Nc1ccncc1)c1ccc2[nH]c3c(c2c1)CCCC3. The number of fused-ring (bicyclic) bond motifs is 3. The van der Waals surface area contributed by atoms with Crippen molar-refractivity contribution < 1.29 is 4.79 Å². The Kier molecular flexibility index (Phi) is 3.15. The number of rotatable bonds is 2. The van der Waals surface area contributed by atoms with Crippen LogP contribution in [-0.2, 0) is 12.8 Å². The van der Waals surface area contributed by atoms with Gasteiger partial charge in [0, 0.05) is 40.2 Å². The predicted molar refractivity (Wildman–Crippen MR) is 87.1 cm³/mol. The van der Waals surface area contributed by atoms with Crippen LogP contribution in [-0.4, -0.2) is 15.9 Å². The Balaban J connectivity index is 1.68. The van der Waals surface area contributed by atoms with Gasteiger partial charge >= 0.3 is 0 Å². The molecule has 110 valence electrons. The summed E-state index contributed by atoms with van der Waals surface area (Å²) in [5.41, 5.74) is 5.31. The summed E-state index contributed by atoms with van der Waals surface area (Å²) in [7, 11) is 0. The minimum absolute atomic E-state index is 0.0844. The van der Waals surface area contributed by atoms with E-state index >= 15 is 0 Å². The molecule has 1 aliphatic rings. The first-order valence-corrected chi connectivity index (χ1v) is 7.66. The van der Waals surface area contributed by atoms with Crippen molar-refractivity contribution in [2.24, 2.45) is 0 Å². The number of benzene rings is 1. The van der Waals surface area contributed by atoms with Gasteiger partial charge in [0.25, 0.3) is 5.91 Å². The highest BCUT2D eigenvalue weighted by Crippen LogP contribution is 2.29. The molecule has 2 aromatic heterocycles. The molecule has 22 heavy (non-hydrogen) atoms. The first-order chi connectivity index (χ1) is 10.8. The van der Waals surface area contributed by atoms with Crippen molar-refractivity contribution >= 4 is 22.5 Å². The van der Waals surface area contributed by atoms with Crippen LogP contribution in [0.15, 0.2) is 42.7 Å². The van der Waals surface area contributed by atoms with Gasteiger partial charge in [0.05, 0.1) is 0 Å². The second kappa shape index (κ2) is 5.30. The van der Waals surface area contributed by atoms with E-state index in [2.05, 4.69) is 15.3 Å². The Morgan fingerprint density at radius 1 is 1.09 bits per heavy atom. The lowest BCUT2D eigenvalue weighted by atomic mass is 9.95. The number of aromatic amines is 1. The van der Waals surface area contributed by atoms with Crippen LogP contribution in [0, 0.1) is 0 Å². The largest absolute Gasteiger partial charge is 0.358 e. The Bertz CT molecular complexity index is 836. The minimum Gasteiger partial charge on any atom is -0.358 e. The molecule has 0 saturated heterocycles. The first kappa shape index (κ1) is 13.1. The van der Waals surface area contributed by atoms with Crippen molar-refractivity contribution in [3.8, 4) is 0 Å². The topological polar surface area (TPSA) is 57.8 Å². The maximum Gasteiger partial charge on any atom is 0.255 e. The van der Waals surface area contributed by atoms with Crippen LogP contribution in [0.25, 0.3) is 10.9 Å². The molecule has 0 atom stereocenters. The Hall–Kier alpha value is -2.62. The van der Waals surface area contributed by atoms with Gasteiger partial charge in [-0.1, -0.05) is 0 Å². The van der Waals surface area contributed by atoms with Crippen LogP contribution in [0.5, 0.6) is 0 Å². The summed E-state index contributed by atoms with van der Waals surface area (Å²) in [6, 6.07) is 9.46. The number of pyridine rings is 1. The highest BCUT2D eigenvalue weighted by molar-refractivity contribution is 6.06. The summed E-state index contributed by atoms with van der Waals surface area (Å²) >= 11 is 0. The van der Waals surface area contributed by atoms with Crippen molar-refractivity contribution in [1.29, 1.82) is 0 Å². The molecule has 4 rings (SSSR count). The number of aromatic nitrogens is 2. The van der Waals surface area contributed by atoms with E-state index in [1.807, 2.05) is 18.2 Å². The first-order valence-electron chi connectivity index (χ1n) is 7.66. The Labute approximate surface area is 128 Å². The van der Waals surface area contributed by atoms with Gasteiger partial charge in [0.1, 0.15) is 0 Å². The summed E-state index contributed by atoms with van der Waals surface area (Å²) in [6.45, 7) is 0. The molecule has 1 aromatic carbocycles. The molecule has 0 unspecified atom stereocenters. The zero-order valence-corrected chi connectivity index (χ0v) is 12.2. The maximum absolute atomic E-state index is 12.4. The van der Waals surface area contributed by atoms with Gasteiger partial charge in [-0.25, -0.2) is 0 Å². The molecule has 0 fully saturated rings. The zero-order chi connectivity index (χ0) is 14.9. The lowest BCUT2D eigenvalue weighted by Crippen LogP contribution is -2.11. The third kappa shape index (κ3) is 2.26. The number of carbonyl (C=O) groups is 1. The van der Waals surface area contributed by atoms with Gasteiger partial charge in [-0.2, -0.15) is 0 Å². The van der Waals surface area contributed by atoms with E-state index in [9.17, 15) is 4.79 Å². The van der Waals surface area contributed by atoms with Crippen molar-refractivity contribution in [2.45, 2.75) is 25.7 Å². The van der Waals surface area contributed by atoms with Gasteiger partial charge in [-0.05, 0) is 61.6 Å². The molecule has 4 heteroatoms. The second-order valence-electron chi connectivity index (χ2n) is 5.74. The third-order valence-electron chi connectivity index (χ3n) is 4.30. The summed E-state index contributed by atoms with van der Waals surface area (Å²) in [6.07, 6.45) is 8.03. The predicted octanol–water partition coefficient (Wildman–Crippen LogP) is 3.69. The van der Waals surface area contributed by atoms with E-state index in [-0.39, 0.29) is 5.91 Å². The van der Waals surface area contributed by atoms with E-state index in [0.717, 1.165) is 24.0 Å². The molecule has 0 radical (unpaired) electrons. The summed E-state index contributed by atoms with van der Waals surface area (Å²) in [5, 5.41) is 4.10. The monoisotopic (exact) mass is 291 g/mol. The average molecular weight is 291 g/mol. The van der Waals surface area contributed by atoms with Gasteiger partial charge in [0.2, 0.25) is 0 Å². The number of aryl methyl sites for hydroxylation is 2. The zero-order valence-electron chi connectivity index (χ0n) is 12.2. The van der Waals surface area contributed by atoms with Crippen molar-refractivity contribution in [3.05, 3.63) is 59.5 Å². The molecule has 1 aliphatic carbocycles. The number of amides is 1. The van der Waals surface area contributed by atoms with E-state index in [4.69, 9.17) is 0 Å². The van der Waals surface area contributed by atoms with Gasteiger partial charge in [-0.15, -0.1) is 0 Å². The quantitative estimate of drug-likeness (QED) is 0.756. The number of carbonyl (C=O) groups excluding carboxylic acids is 1. The van der Waals surface area contributed by atoms with E-state index in [0.29, 0.717) is 5.56 Å². The highest BCUT2D eigenvalue weighted by Gasteiger charge is 2.16. The second-order valence-corrected chi connectivity index (χ2v) is 5.74. The summed E-state index contributed by atoms with van der Waals surface area (Å²) in [5.74, 6) is -0.0844. The fourth-order valence-electron chi connectivity index (χ4n) is 3.19. The standard InChI is InChI=1S/C18H17N3O/c22-18(20-13-7-9-19-10-8-13)12-5-6-17-15(11-12)14-3-1-2-4-16(14)21-17/h5-11,21H,1-4H2,(H,19,20,22). The molecule has 2 heterocycles. The lowest BCUT2D eigenvalue weighted by molar-refractivity contribution is 0.102. The average Bonchev–Trinajstić information content (AvgIpc) is 2.93. The molecule has 1 amide bonds. The number of anilines is 1. The van der Waals surface area contributed by atoms with Crippen LogP contribution in [0.2, 0.25) is 0 Å². The third-order valence-corrected chi connectivity index (χ3v) is 4.30. The van der Waals surface area contributed by atoms with Crippen LogP contribution in [0.4, 0.5) is 5.69 Å². The Morgan fingerprint density at radius 3 is 2.77 bits per heavy atom. The molecule has 0 saturated carbocycles. The number of nitrogens with one attached hydrogen (secondary N) is 2. The van der Waals surface area contributed by atoms with E-state index < -0.39 is 0 Å². The normalized spacial score (nSPS) is 13.8. The highest BCUT2D eigenvalue weighted by atomic mass is 16.1. The molecule has 0 spiro atoms. The molecule has 2 N–H and O–H groups in total. The Morgan fingerprint density at radius 2 is 1.91 bits per heavy atom. The van der Waals surface area contributed by atoms with Crippen molar-refractivity contribution in [2.75, 3.05) is 5.32 Å². The summed E-state index contributed by atoms with van der Waals surface area (Å²) < 4.78 is 0. The molecule has 3 aromatic rings. The number of hydrogen-bond acceptors (Lipinski definition) is 2. The van der Waals surface area contributed by atoms with Gasteiger partial charge in [-0.3, -0.25) is 9.78 Å². The van der Waals surface area contributed by atoms with Crippen molar-refractivity contribution in [1.82, 2.24) is 9.97 Å². The van der Waals surface area contributed by atoms with Crippen molar-refractivity contribution in [3.63, 3.8) is 0 Å². The smallest absolute Gasteiger partial charge is 0.255 e. The maximum atomic E-state index is 12.4. The lowest BCUT2D eigenvalue weighted by Gasteiger charge is -2.10.